The van der Waals surface area contributed by atoms with Crippen LogP contribution >= 0.6 is 0 Å². The Balaban J connectivity index is 2.62. The number of methoxy groups -OCH3 is 1. The highest BCUT2D eigenvalue weighted by molar-refractivity contribution is 6.09. The molecule has 1 saturated carbocycles. The SMILES string of the molecule is CCOC(=O)C1(C(=O)OCC)C(c2ccc(OC)cc2)C1(C#N)C#N. The van der Waals surface area contributed by atoms with Crippen molar-refractivity contribution < 1.29 is 23.8 Å². The Morgan fingerprint density at radius 3 is 1.88 bits per heavy atom. The van der Waals surface area contributed by atoms with Gasteiger partial charge in [0.2, 0.25) is 5.41 Å². The van der Waals surface area contributed by atoms with Crippen molar-refractivity contribution in [3.05, 3.63) is 29.8 Å². The average Bonchev–Trinajstić information content (AvgIpc) is 3.27. The molecular formula is C18H18N2O5. The summed E-state index contributed by atoms with van der Waals surface area (Å²) in [5, 5.41) is 19.3. The van der Waals surface area contributed by atoms with Crippen LogP contribution in [0.4, 0.5) is 0 Å². The molecule has 25 heavy (non-hydrogen) atoms. The highest BCUT2D eigenvalue weighted by atomic mass is 16.6. The van der Waals surface area contributed by atoms with Crippen LogP contribution in [0, 0.1) is 33.5 Å². The Hall–Kier alpha value is -3.06. The van der Waals surface area contributed by atoms with Crippen molar-refractivity contribution in [2.75, 3.05) is 20.3 Å². The molecule has 0 bridgehead atoms. The third-order valence-corrected chi connectivity index (χ3v) is 4.40. The molecule has 1 aromatic carbocycles. The fraction of sp³-hybridized carbons (Fsp3) is 0.444. The van der Waals surface area contributed by atoms with Gasteiger partial charge in [-0.1, -0.05) is 12.1 Å². The van der Waals surface area contributed by atoms with Crippen molar-refractivity contribution in [2.24, 2.45) is 10.8 Å². The zero-order valence-electron chi connectivity index (χ0n) is 14.2. The van der Waals surface area contributed by atoms with Gasteiger partial charge < -0.3 is 14.2 Å². The summed E-state index contributed by atoms with van der Waals surface area (Å²) in [5.41, 5.74) is -3.37. The number of nitriles is 2. The predicted octanol–water partition coefficient (Wildman–Crippen LogP) is 1.94. The van der Waals surface area contributed by atoms with E-state index in [0.29, 0.717) is 11.3 Å². The lowest BCUT2D eigenvalue weighted by Gasteiger charge is -2.15. The number of hydrogen-bond acceptors (Lipinski definition) is 7. The molecule has 1 aliphatic carbocycles. The van der Waals surface area contributed by atoms with Gasteiger partial charge in [0.25, 0.3) is 0 Å². The second-order valence-corrected chi connectivity index (χ2v) is 5.49. The van der Waals surface area contributed by atoms with Crippen LogP contribution in [0.3, 0.4) is 0 Å². The summed E-state index contributed by atoms with van der Waals surface area (Å²) in [4.78, 5) is 25.3. The lowest BCUT2D eigenvalue weighted by Crippen LogP contribution is -2.35. The molecule has 2 rings (SSSR count). The maximum atomic E-state index is 12.6. The normalized spacial score (nSPS) is 19.0. The first-order valence-electron chi connectivity index (χ1n) is 7.81. The summed E-state index contributed by atoms with van der Waals surface area (Å²) in [7, 11) is 1.50. The Labute approximate surface area is 145 Å². The van der Waals surface area contributed by atoms with Crippen molar-refractivity contribution in [1.29, 1.82) is 10.5 Å². The van der Waals surface area contributed by atoms with E-state index in [-0.39, 0.29) is 13.2 Å². The Kier molecular flexibility index (Phi) is 4.99. The molecule has 0 N–H and O–H groups in total. The highest BCUT2D eigenvalue weighted by Crippen LogP contribution is 2.75. The first kappa shape index (κ1) is 18.3. The number of carbonyl (C=O) groups is 2. The lowest BCUT2D eigenvalue weighted by atomic mass is 9.95. The molecule has 0 amide bonds. The van der Waals surface area contributed by atoms with Gasteiger partial charge in [0.15, 0.2) is 5.41 Å². The number of esters is 2. The van der Waals surface area contributed by atoms with E-state index in [1.54, 1.807) is 38.1 Å². The summed E-state index contributed by atoms with van der Waals surface area (Å²) < 4.78 is 15.1. The van der Waals surface area contributed by atoms with Crippen molar-refractivity contribution in [3.63, 3.8) is 0 Å². The van der Waals surface area contributed by atoms with Crippen LogP contribution < -0.4 is 4.74 Å². The van der Waals surface area contributed by atoms with E-state index in [4.69, 9.17) is 14.2 Å². The number of benzene rings is 1. The van der Waals surface area contributed by atoms with Gasteiger partial charge in [0, 0.05) is 5.92 Å². The van der Waals surface area contributed by atoms with Crippen molar-refractivity contribution in [1.82, 2.24) is 0 Å². The number of ether oxygens (including phenoxy) is 3. The Morgan fingerprint density at radius 2 is 1.52 bits per heavy atom. The summed E-state index contributed by atoms with van der Waals surface area (Å²) in [5.74, 6) is -2.24. The molecule has 1 aromatic rings. The number of carbonyl (C=O) groups excluding carboxylic acids is 2. The Morgan fingerprint density at radius 1 is 1.04 bits per heavy atom. The minimum absolute atomic E-state index is 0.0161. The van der Waals surface area contributed by atoms with Crippen molar-refractivity contribution in [3.8, 4) is 17.9 Å². The number of nitrogens with zero attached hydrogens (tertiary/aromatic N) is 2. The molecule has 1 aliphatic rings. The first-order valence-corrected chi connectivity index (χ1v) is 7.81. The van der Waals surface area contributed by atoms with Gasteiger partial charge in [-0.25, -0.2) is 0 Å². The molecule has 0 heterocycles. The molecule has 1 fully saturated rings. The summed E-state index contributed by atoms with van der Waals surface area (Å²) in [6.45, 7) is 3.20. The molecule has 0 radical (unpaired) electrons. The average molecular weight is 342 g/mol. The molecule has 0 aromatic heterocycles. The minimum Gasteiger partial charge on any atom is -0.497 e. The van der Waals surface area contributed by atoms with Gasteiger partial charge in [0.05, 0.1) is 32.5 Å². The van der Waals surface area contributed by atoms with Crippen LogP contribution in [0.25, 0.3) is 0 Å². The fourth-order valence-corrected chi connectivity index (χ4v) is 3.23. The molecule has 130 valence electrons. The topological polar surface area (TPSA) is 109 Å². The predicted molar refractivity (Wildman–Crippen MR) is 85.1 cm³/mol. The molecular weight excluding hydrogens is 324 g/mol. The zero-order chi connectivity index (χ0) is 18.7. The first-order chi connectivity index (χ1) is 12.0. The van der Waals surface area contributed by atoms with Crippen LogP contribution in [-0.2, 0) is 19.1 Å². The summed E-state index contributed by atoms with van der Waals surface area (Å²) in [6.07, 6.45) is 0. The van der Waals surface area contributed by atoms with E-state index >= 15 is 0 Å². The van der Waals surface area contributed by atoms with E-state index in [1.165, 1.54) is 7.11 Å². The quantitative estimate of drug-likeness (QED) is 0.574. The molecule has 0 aliphatic heterocycles. The highest BCUT2D eigenvalue weighted by Gasteiger charge is 2.89. The van der Waals surface area contributed by atoms with Crippen LogP contribution in [-0.4, -0.2) is 32.3 Å². The third-order valence-electron chi connectivity index (χ3n) is 4.40. The second kappa shape index (κ2) is 6.82. The van der Waals surface area contributed by atoms with Gasteiger partial charge in [-0.3, -0.25) is 9.59 Å². The van der Waals surface area contributed by atoms with E-state index in [2.05, 4.69) is 0 Å². The zero-order valence-corrected chi connectivity index (χ0v) is 14.2. The van der Waals surface area contributed by atoms with Crippen molar-refractivity contribution >= 4 is 11.9 Å². The van der Waals surface area contributed by atoms with E-state index < -0.39 is 28.7 Å². The van der Waals surface area contributed by atoms with Crippen LogP contribution in [0.15, 0.2) is 24.3 Å². The van der Waals surface area contributed by atoms with E-state index in [9.17, 15) is 20.1 Å². The van der Waals surface area contributed by atoms with Gasteiger partial charge in [0.1, 0.15) is 5.75 Å². The second-order valence-electron chi connectivity index (χ2n) is 5.49. The summed E-state index contributed by atoms with van der Waals surface area (Å²) >= 11 is 0. The van der Waals surface area contributed by atoms with E-state index in [1.807, 2.05) is 12.1 Å². The standard InChI is InChI=1S/C18H18N2O5/c1-4-24-15(21)18(16(22)25-5-2)14(17(18,10-19)11-20)12-6-8-13(23-3)9-7-12/h6-9,14H,4-5H2,1-3H3. The number of hydrogen-bond donors (Lipinski definition) is 0. The number of rotatable bonds is 6. The largest absolute Gasteiger partial charge is 0.497 e. The molecule has 7 heteroatoms. The monoisotopic (exact) mass is 342 g/mol. The van der Waals surface area contributed by atoms with Gasteiger partial charge in [-0.15, -0.1) is 0 Å². The van der Waals surface area contributed by atoms with Gasteiger partial charge in [-0.2, -0.15) is 10.5 Å². The fourth-order valence-electron chi connectivity index (χ4n) is 3.23. The van der Waals surface area contributed by atoms with Crippen molar-refractivity contribution in [2.45, 2.75) is 19.8 Å². The molecule has 0 spiro atoms. The van der Waals surface area contributed by atoms with Crippen LogP contribution in [0.5, 0.6) is 5.75 Å². The minimum atomic E-state index is -1.99. The Bertz CT molecular complexity index is 725. The smallest absolute Gasteiger partial charge is 0.327 e. The molecule has 1 unspecified atom stereocenters. The van der Waals surface area contributed by atoms with Gasteiger partial charge in [-0.05, 0) is 31.5 Å². The molecule has 7 nitrogen and oxygen atoms in total. The van der Waals surface area contributed by atoms with Crippen LogP contribution in [0.1, 0.15) is 25.3 Å². The van der Waals surface area contributed by atoms with E-state index in [0.717, 1.165) is 0 Å². The maximum Gasteiger partial charge on any atom is 0.327 e. The summed E-state index contributed by atoms with van der Waals surface area (Å²) in [6, 6.07) is 10.2. The molecule has 0 saturated heterocycles. The third kappa shape index (κ3) is 2.40. The molecule has 1 atom stereocenters. The van der Waals surface area contributed by atoms with Crippen LogP contribution in [0.2, 0.25) is 0 Å². The van der Waals surface area contributed by atoms with Gasteiger partial charge >= 0.3 is 11.9 Å². The maximum absolute atomic E-state index is 12.6. The lowest BCUT2D eigenvalue weighted by molar-refractivity contribution is -0.165.